The van der Waals surface area contributed by atoms with Crippen LogP contribution in [0.25, 0.3) is 0 Å². The van der Waals surface area contributed by atoms with Crippen LogP contribution in [-0.4, -0.2) is 79.0 Å². The molecular formula is C25H33N5O4S. The molecule has 1 aromatic carbocycles. The molecule has 9 nitrogen and oxygen atoms in total. The molecule has 2 unspecified atom stereocenters. The molecule has 2 amide bonds. The van der Waals surface area contributed by atoms with Crippen molar-refractivity contribution in [2.24, 2.45) is 11.8 Å². The number of aromatic nitrogens is 2. The maximum Gasteiger partial charge on any atom is 0.257 e. The summed E-state index contributed by atoms with van der Waals surface area (Å²) in [7, 11) is -3.54. The van der Waals surface area contributed by atoms with E-state index in [1.54, 1.807) is 20.8 Å². The first-order valence-electron chi connectivity index (χ1n) is 11.9. The van der Waals surface area contributed by atoms with Gasteiger partial charge in [-0.15, -0.1) is 0 Å². The number of nitrogens with zero attached hydrogens (tertiary/aromatic N) is 4. The van der Waals surface area contributed by atoms with Crippen LogP contribution < -0.4 is 5.32 Å². The van der Waals surface area contributed by atoms with Crippen molar-refractivity contribution in [3.63, 3.8) is 0 Å². The summed E-state index contributed by atoms with van der Waals surface area (Å²) < 4.78 is 23.6. The topological polar surface area (TPSA) is 113 Å². The number of fused-ring (bicyclic) bond motifs is 1. The van der Waals surface area contributed by atoms with Gasteiger partial charge in [-0.2, -0.15) is 0 Å². The molecule has 0 aliphatic carbocycles. The SMILES string of the molecule is CC(=O)N[C@H](CCN1CC2CN(C(=O)c3c(C)nc(S(C)(=O)=O)nc3C)CC2C1)c1ccccc1. The third kappa shape index (κ3) is 5.70. The Balaban J connectivity index is 1.36. The van der Waals surface area contributed by atoms with Crippen molar-refractivity contribution >= 4 is 21.7 Å². The van der Waals surface area contributed by atoms with Gasteiger partial charge in [-0.1, -0.05) is 30.3 Å². The minimum Gasteiger partial charge on any atom is -0.349 e. The van der Waals surface area contributed by atoms with Crippen molar-refractivity contribution in [1.29, 1.82) is 0 Å². The second kappa shape index (κ2) is 10.0. The van der Waals surface area contributed by atoms with Crippen molar-refractivity contribution in [2.45, 2.75) is 38.4 Å². The Bertz CT molecular complexity index is 1180. The van der Waals surface area contributed by atoms with Crippen LogP contribution >= 0.6 is 0 Å². The van der Waals surface area contributed by atoms with Gasteiger partial charge in [0, 0.05) is 45.9 Å². The molecule has 1 aromatic heterocycles. The second-order valence-electron chi connectivity index (χ2n) is 9.77. The average molecular weight is 500 g/mol. The number of amides is 2. The molecule has 2 aliphatic rings. The van der Waals surface area contributed by atoms with Crippen LogP contribution in [0.1, 0.15) is 46.7 Å². The van der Waals surface area contributed by atoms with E-state index < -0.39 is 9.84 Å². The standard InChI is InChI=1S/C25H33N5O4S/c1-16-23(17(2)27-25(26-16)35(4,33)34)24(32)30-14-20-12-29(13-21(20)15-30)11-10-22(28-18(3)31)19-8-6-5-7-9-19/h5-9,20-22H,10-15H2,1-4H3,(H,28,31)/t20?,21?,22-/m1/s1. The maximum atomic E-state index is 13.3. The molecule has 10 heteroatoms. The molecule has 188 valence electrons. The van der Waals surface area contributed by atoms with Crippen LogP contribution in [0, 0.1) is 25.7 Å². The predicted octanol–water partition coefficient (Wildman–Crippen LogP) is 1.77. The summed E-state index contributed by atoms with van der Waals surface area (Å²) in [4.78, 5) is 37.4. The van der Waals surface area contributed by atoms with Crippen LogP contribution in [0.4, 0.5) is 0 Å². The number of nitrogens with one attached hydrogen (secondary N) is 1. The highest BCUT2D eigenvalue weighted by Crippen LogP contribution is 2.33. The number of hydrogen-bond acceptors (Lipinski definition) is 7. The van der Waals surface area contributed by atoms with Crippen LogP contribution in [0.5, 0.6) is 0 Å². The van der Waals surface area contributed by atoms with Crippen LogP contribution in [0.15, 0.2) is 35.5 Å². The van der Waals surface area contributed by atoms with Crippen molar-refractivity contribution < 1.29 is 18.0 Å². The van der Waals surface area contributed by atoms with Crippen molar-refractivity contribution in [3.8, 4) is 0 Å². The van der Waals surface area contributed by atoms with Gasteiger partial charge in [0.2, 0.25) is 20.9 Å². The summed E-state index contributed by atoms with van der Waals surface area (Å²) in [6.45, 7) is 8.90. The fraction of sp³-hybridized carbons (Fsp3) is 0.520. The zero-order chi connectivity index (χ0) is 25.3. The fourth-order valence-corrected chi connectivity index (χ4v) is 5.93. The Morgan fingerprint density at radius 1 is 1.03 bits per heavy atom. The van der Waals surface area contributed by atoms with E-state index >= 15 is 0 Å². The number of benzene rings is 1. The molecule has 2 fully saturated rings. The molecule has 2 aromatic rings. The first-order valence-corrected chi connectivity index (χ1v) is 13.8. The average Bonchev–Trinajstić information content (AvgIpc) is 3.35. The van der Waals surface area contributed by atoms with Crippen molar-refractivity contribution in [2.75, 3.05) is 39.0 Å². The first kappa shape index (κ1) is 25.2. The van der Waals surface area contributed by atoms with E-state index in [0.29, 0.717) is 41.9 Å². The highest BCUT2D eigenvalue weighted by molar-refractivity contribution is 7.90. The summed E-state index contributed by atoms with van der Waals surface area (Å²) in [5.41, 5.74) is 2.29. The molecule has 35 heavy (non-hydrogen) atoms. The second-order valence-corrected chi connectivity index (χ2v) is 11.7. The molecule has 4 rings (SSSR count). The van der Waals surface area contributed by atoms with Gasteiger partial charge in [0.15, 0.2) is 0 Å². The minimum absolute atomic E-state index is 0.0203. The first-order chi connectivity index (χ1) is 16.5. The summed E-state index contributed by atoms with van der Waals surface area (Å²) in [6.07, 6.45) is 1.89. The van der Waals surface area contributed by atoms with E-state index in [4.69, 9.17) is 0 Å². The van der Waals surface area contributed by atoms with E-state index in [1.165, 1.54) is 0 Å². The minimum atomic E-state index is -3.54. The molecule has 3 atom stereocenters. The van der Waals surface area contributed by atoms with Crippen LogP contribution in [0.2, 0.25) is 0 Å². The molecule has 2 aliphatic heterocycles. The number of carbonyl (C=O) groups excluding carboxylic acids is 2. The summed E-state index contributed by atoms with van der Waals surface area (Å²) in [5.74, 6) is 0.625. The molecule has 3 heterocycles. The van der Waals surface area contributed by atoms with Gasteiger partial charge in [-0.25, -0.2) is 18.4 Å². The van der Waals surface area contributed by atoms with E-state index in [9.17, 15) is 18.0 Å². The largest absolute Gasteiger partial charge is 0.349 e. The summed E-state index contributed by atoms with van der Waals surface area (Å²) in [5, 5.41) is 2.82. The van der Waals surface area contributed by atoms with Crippen molar-refractivity contribution in [1.82, 2.24) is 25.1 Å². The lowest BCUT2D eigenvalue weighted by molar-refractivity contribution is -0.119. The normalized spacial score (nSPS) is 21.1. The van der Waals surface area contributed by atoms with E-state index in [1.807, 2.05) is 35.2 Å². The number of sulfone groups is 1. The zero-order valence-corrected chi connectivity index (χ0v) is 21.5. The lowest BCUT2D eigenvalue weighted by atomic mass is 10.0. The third-order valence-electron chi connectivity index (χ3n) is 6.96. The van der Waals surface area contributed by atoms with Gasteiger partial charge in [0.1, 0.15) is 0 Å². The zero-order valence-electron chi connectivity index (χ0n) is 20.7. The van der Waals surface area contributed by atoms with Crippen molar-refractivity contribution in [3.05, 3.63) is 52.8 Å². The highest BCUT2D eigenvalue weighted by Gasteiger charge is 2.42. The molecular weight excluding hydrogens is 466 g/mol. The maximum absolute atomic E-state index is 13.3. The van der Waals surface area contributed by atoms with Gasteiger partial charge >= 0.3 is 0 Å². The number of carbonyl (C=O) groups is 2. The Morgan fingerprint density at radius 3 is 2.11 bits per heavy atom. The Morgan fingerprint density at radius 2 is 1.60 bits per heavy atom. The van der Waals surface area contributed by atoms with Crippen LogP contribution in [-0.2, 0) is 14.6 Å². The Hall–Kier alpha value is -2.85. The molecule has 2 saturated heterocycles. The summed E-state index contributed by atoms with van der Waals surface area (Å²) >= 11 is 0. The third-order valence-corrected chi connectivity index (χ3v) is 7.80. The highest BCUT2D eigenvalue weighted by atomic mass is 32.2. The molecule has 0 radical (unpaired) electrons. The van der Waals surface area contributed by atoms with Gasteiger partial charge in [0.05, 0.1) is 23.0 Å². The molecule has 0 bridgehead atoms. The van der Waals surface area contributed by atoms with E-state index in [0.717, 1.165) is 37.9 Å². The summed E-state index contributed by atoms with van der Waals surface area (Å²) in [6, 6.07) is 10.0. The lowest BCUT2D eigenvalue weighted by Crippen LogP contribution is -2.35. The van der Waals surface area contributed by atoms with E-state index in [2.05, 4.69) is 20.2 Å². The Labute approximate surface area is 206 Å². The predicted molar refractivity (Wildman–Crippen MR) is 132 cm³/mol. The smallest absolute Gasteiger partial charge is 0.257 e. The monoisotopic (exact) mass is 499 g/mol. The van der Waals surface area contributed by atoms with Gasteiger partial charge in [-0.05, 0) is 37.7 Å². The quantitative estimate of drug-likeness (QED) is 0.578. The Kier molecular flexibility index (Phi) is 7.23. The molecule has 0 spiro atoms. The number of hydrogen-bond donors (Lipinski definition) is 1. The van der Waals surface area contributed by atoms with Gasteiger partial charge in [0.25, 0.3) is 5.91 Å². The fourth-order valence-electron chi connectivity index (χ4n) is 5.32. The lowest BCUT2D eigenvalue weighted by Gasteiger charge is -2.25. The van der Waals surface area contributed by atoms with Gasteiger partial charge < -0.3 is 15.1 Å². The number of likely N-dealkylation sites (tertiary alicyclic amines) is 2. The van der Waals surface area contributed by atoms with Gasteiger partial charge in [-0.3, -0.25) is 9.59 Å². The number of rotatable bonds is 7. The number of aryl methyl sites for hydroxylation is 2. The van der Waals surface area contributed by atoms with E-state index in [-0.39, 0.29) is 23.0 Å². The molecule has 1 N–H and O–H groups in total. The molecule has 0 saturated carbocycles. The van der Waals surface area contributed by atoms with Crippen LogP contribution in [0.3, 0.4) is 0 Å².